The van der Waals surface area contributed by atoms with E-state index >= 15 is 0 Å². The predicted molar refractivity (Wildman–Crippen MR) is 70.0 cm³/mol. The third-order valence-corrected chi connectivity index (χ3v) is 3.41. The molecule has 0 spiro atoms. The topological polar surface area (TPSA) is 127 Å². The molecule has 0 saturated carbocycles. The number of hydrogen-bond donors (Lipinski definition) is 3. The Morgan fingerprint density at radius 3 is 2.45 bits per heavy atom. The normalized spacial score (nSPS) is 21.8. The van der Waals surface area contributed by atoms with Gasteiger partial charge in [-0.3, -0.25) is 14.4 Å². The fourth-order valence-corrected chi connectivity index (χ4v) is 2.17. The molecule has 7 heteroatoms. The van der Waals surface area contributed by atoms with Crippen molar-refractivity contribution in [3.05, 3.63) is 35.4 Å². The smallest absolute Gasteiger partial charge is 0.325 e. The van der Waals surface area contributed by atoms with Crippen molar-refractivity contribution in [3.8, 4) is 0 Å². The molecule has 1 aromatic carbocycles. The van der Waals surface area contributed by atoms with Crippen LogP contribution in [-0.4, -0.2) is 46.4 Å². The van der Waals surface area contributed by atoms with Crippen LogP contribution in [0.15, 0.2) is 24.3 Å². The second-order valence-electron chi connectivity index (χ2n) is 4.88. The van der Waals surface area contributed by atoms with E-state index in [-0.39, 0.29) is 36.5 Å². The zero-order chi connectivity index (χ0) is 14.9. The molecular weight excluding hydrogens is 262 g/mol. The third kappa shape index (κ3) is 2.48. The Bertz CT molecular complexity index is 587. The molecular formula is C13H15N3O4. The molecule has 1 heterocycles. The number of primary amides is 1. The Labute approximate surface area is 115 Å². The van der Waals surface area contributed by atoms with Gasteiger partial charge in [0.1, 0.15) is 5.54 Å². The summed E-state index contributed by atoms with van der Waals surface area (Å²) in [6.45, 7) is 0.213. The van der Waals surface area contributed by atoms with Crippen molar-refractivity contribution in [2.24, 2.45) is 11.5 Å². The highest BCUT2D eigenvalue weighted by molar-refractivity contribution is 5.99. The SMILES string of the molecule is NC(=O)c1cccc(C(=O)N2CCC(N)(C(=O)O)C2)c1. The van der Waals surface area contributed by atoms with Gasteiger partial charge in [-0.2, -0.15) is 0 Å². The second kappa shape index (κ2) is 4.93. The lowest BCUT2D eigenvalue weighted by Crippen LogP contribution is -2.50. The van der Waals surface area contributed by atoms with Gasteiger partial charge in [0.15, 0.2) is 0 Å². The van der Waals surface area contributed by atoms with Crippen LogP contribution in [0.5, 0.6) is 0 Å². The Morgan fingerprint density at radius 2 is 1.90 bits per heavy atom. The molecule has 106 valence electrons. The van der Waals surface area contributed by atoms with Crippen LogP contribution in [0.25, 0.3) is 0 Å². The van der Waals surface area contributed by atoms with Crippen LogP contribution >= 0.6 is 0 Å². The minimum absolute atomic E-state index is 0.0536. The molecule has 1 aliphatic rings. The first-order valence-corrected chi connectivity index (χ1v) is 6.05. The summed E-state index contributed by atoms with van der Waals surface area (Å²) in [6, 6.07) is 6.00. The number of nitrogens with zero attached hydrogens (tertiary/aromatic N) is 1. The number of nitrogens with two attached hydrogens (primary N) is 2. The van der Waals surface area contributed by atoms with Gasteiger partial charge >= 0.3 is 5.97 Å². The standard InChI is InChI=1S/C13H15N3O4/c14-10(17)8-2-1-3-9(6-8)11(18)16-5-4-13(15,7-16)12(19)20/h1-3,6H,4-5,7,15H2,(H2,14,17)(H,19,20). The summed E-state index contributed by atoms with van der Waals surface area (Å²) in [4.78, 5) is 35.8. The summed E-state index contributed by atoms with van der Waals surface area (Å²) in [5.41, 5.74) is 9.99. The van der Waals surface area contributed by atoms with Gasteiger partial charge in [-0.1, -0.05) is 6.07 Å². The molecule has 0 aliphatic carbocycles. The molecule has 1 unspecified atom stereocenters. The maximum atomic E-state index is 12.3. The largest absolute Gasteiger partial charge is 0.480 e. The summed E-state index contributed by atoms with van der Waals surface area (Å²) in [5.74, 6) is -2.11. The molecule has 5 N–H and O–H groups in total. The Kier molecular flexibility index (Phi) is 3.46. The molecule has 0 bridgehead atoms. The Hall–Kier alpha value is -2.41. The highest BCUT2D eigenvalue weighted by Crippen LogP contribution is 2.21. The average Bonchev–Trinajstić information content (AvgIpc) is 2.82. The van der Waals surface area contributed by atoms with Crippen molar-refractivity contribution >= 4 is 17.8 Å². The van der Waals surface area contributed by atoms with Crippen LogP contribution in [0, 0.1) is 0 Å². The van der Waals surface area contributed by atoms with Crippen molar-refractivity contribution in [1.29, 1.82) is 0 Å². The van der Waals surface area contributed by atoms with Crippen molar-refractivity contribution in [2.45, 2.75) is 12.0 Å². The Morgan fingerprint density at radius 1 is 1.25 bits per heavy atom. The van der Waals surface area contributed by atoms with Crippen LogP contribution in [0.3, 0.4) is 0 Å². The van der Waals surface area contributed by atoms with Gasteiger partial charge in [0.2, 0.25) is 5.91 Å². The summed E-state index contributed by atoms with van der Waals surface area (Å²) in [5, 5.41) is 9.04. The number of carbonyl (C=O) groups is 3. The molecule has 1 aliphatic heterocycles. The molecule has 1 fully saturated rings. The summed E-state index contributed by atoms with van der Waals surface area (Å²) >= 11 is 0. The van der Waals surface area contributed by atoms with Crippen molar-refractivity contribution in [2.75, 3.05) is 13.1 Å². The molecule has 2 rings (SSSR count). The number of aliphatic carboxylic acids is 1. The molecule has 0 aromatic heterocycles. The number of carboxylic acid groups (broad SMARTS) is 1. The monoisotopic (exact) mass is 277 g/mol. The van der Waals surface area contributed by atoms with E-state index in [2.05, 4.69) is 0 Å². The number of benzene rings is 1. The third-order valence-electron chi connectivity index (χ3n) is 3.41. The van der Waals surface area contributed by atoms with Crippen LogP contribution in [0.1, 0.15) is 27.1 Å². The average molecular weight is 277 g/mol. The van der Waals surface area contributed by atoms with Crippen molar-refractivity contribution < 1.29 is 19.5 Å². The minimum atomic E-state index is -1.41. The van der Waals surface area contributed by atoms with Crippen LogP contribution in [0.2, 0.25) is 0 Å². The fourth-order valence-electron chi connectivity index (χ4n) is 2.17. The van der Waals surface area contributed by atoms with E-state index < -0.39 is 17.4 Å². The number of amides is 2. The van der Waals surface area contributed by atoms with E-state index in [9.17, 15) is 14.4 Å². The van der Waals surface area contributed by atoms with Crippen LogP contribution in [0.4, 0.5) is 0 Å². The number of rotatable bonds is 3. The molecule has 1 aromatic rings. The van der Waals surface area contributed by atoms with E-state index in [0.717, 1.165) is 0 Å². The zero-order valence-electron chi connectivity index (χ0n) is 10.7. The van der Waals surface area contributed by atoms with E-state index in [4.69, 9.17) is 16.6 Å². The molecule has 0 radical (unpaired) electrons. The number of carbonyl (C=O) groups excluding carboxylic acids is 2. The highest BCUT2D eigenvalue weighted by Gasteiger charge is 2.43. The Balaban J connectivity index is 2.19. The molecule has 20 heavy (non-hydrogen) atoms. The first-order valence-electron chi connectivity index (χ1n) is 6.05. The van der Waals surface area contributed by atoms with Crippen LogP contribution < -0.4 is 11.5 Å². The van der Waals surface area contributed by atoms with Gasteiger partial charge in [-0.05, 0) is 24.6 Å². The maximum Gasteiger partial charge on any atom is 0.325 e. The van der Waals surface area contributed by atoms with Gasteiger partial charge in [0, 0.05) is 24.2 Å². The lowest BCUT2D eigenvalue weighted by Gasteiger charge is -2.20. The van der Waals surface area contributed by atoms with Crippen molar-refractivity contribution in [1.82, 2.24) is 4.90 Å². The molecule has 7 nitrogen and oxygen atoms in total. The molecule has 2 amide bonds. The number of carboxylic acids is 1. The summed E-state index contributed by atoms with van der Waals surface area (Å²) < 4.78 is 0. The highest BCUT2D eigenvalue weighted by atomic mass is 16.4. The second-order valence-corrected chi connectivity index (χ2v) is 4.88. The van der Waals surface area contributed by atoms with Gasteiger partial charge in [-0.25, -0.2) is 0 Å². The van der Waals surface area contributed by atoms with Gasteiger partial charge in [0.25, 0.3) is 5.91 Å². The van der Waals surface area contributed by atoms with Crippen molar-refractivity contribution in [3.63, 3.8) is 0 Å². The van der Waals surface area contributed by atoms with Gasteiger partial charge in [-0.15, -0.1) is 0 Å². The number of hydrogen-bond acceptors (Lipinski definition) is 4. The van der Waals surface area contributed by atoms with Gasteiger partial charge in [0.05, 0.1) is 0 Å². The first kappa shape index (κ1) is 14.0. The summed E-state index contributed by atoms with van der Waals surface area (Å²) in [7, 11) is 0. The molecule has 1 saturated heterocycles. The predicted octanol–water partition coefficient (Wildman–Crippen LogP) is -0.586. The fraction of sp³-hybridized carbons (Fsp3) is 0.308. The number of likely N-dealkylation sites (tertiary alicyclic amines) is 1. The lowest BCUT2D eigenvalue weighted by molar-refractivity contribution is -0.142. The lowest BCUT2D eigenvalue weighted by atomic mass is 10.0. The minimum Gasteiger partial charge on any atom is -0.480 e. The zero-order valence-corrected chi connectivity index (χ0v) is 10.7. The maximum absolute atomic E-state index is 12.3. The van der Waals surface area contributed by atoms with E-state index in [1.54, 1.807) is 12.1 Å². The first-order chi connectivity index (χ1) is 9.33. The molecule has 1 atom stereocenters. The van der Waals surface area contributed by atoms with E-state index in [0.29, 0.717) is 0 Å². The summed E-state index contributed by atoms with van der Waals surface area (Å²) in [6.07, 6.45) is 0.198. The van der Waals surface area contributed by atoms with E-state index in [1.165, 1.54) is 17.0 Å². The van der Waals surface area contributed by atoms with E-state index in [1.807, 2.05) is 0 Å². The van der Waals surface area contributed by atoms with Gasteiger partial charge < -0.3 is 21.5 Å². The van der Waals surface area contributed by atoms with Crippen LogP contribution in [-0.2, 0) is 4.79 Å². The quantitative estimate of drug-likeness (QED) is 0.680.